The van der Waals surface area contributed by atoms with Crippen molar-refractivity contribution in [1.82, 2.24) is 0 Å². The zero-order chi connectivity index (χ0) is 35.3. The molecule has 2 atom stereocenters. The van der Waals surface area contributed by atoms with E-state index in [1.807, 2.05) is 19.2 Å². The van der Waals surface area contributed by atoms with Gasteiger partial charge in [-0.2, -0.15) is 0 Å². The Hall–Kier alpha value is -2.40. The molecule has 0 fully saturated rings. The second-order valence-corrected chi connectivity index (χ2v) is 15.0. The number of hydrogen-bond acceptors (Lipinski definition) is 4. The van der Waals surface area contributed by atoms with Crippen LogP contribution in [0.2, 0.25) is 5.02 Å². The quantitative estimate of drug-likeness (QED) is 0.0867. The van der Waals surface area contributed by atoms with Crippen LogP contribution in [-0.4, -0.2) is 31.2 Å². The van der Waals surface area contributed by atoms with E-state index in [4.69, 9.17) is 16.3 Å². The standard InChI is InChI=1S/C43H69ClN2O3/c1-5-8-11-12-13-14-15-16-17-18-19-20-21-22-23-24-25-34(43(47)48)30-37-36-27-26-35(46(28-9-6-2)29-10-7-3)31-41(36)49-42-33-40(45-4)39(44)32-38(37)42/h26-27,31-34,37,45H,5-25,28-30H2,1-4H3,(H,47,48). The predicted molar refractivity (Wildman–Crippen MR) is 211 cm³/mol. The summed E-state index contributed by atoms with van der Waals surface area (Å²) in [6, 6.07) is 10.5. The number of aliphatic carboxylic acids is 1. The van der Waals surface area contributed by atoms with Crippen LogP contribution in [0.15, 0.2) is 30.3 Å². The largest absolute Gasteiger partial charge is 0.481 e. The van der Waals surface area contributed by atoms with Gasteiger partial charge in [-0.15, -0.1) is 0 Å². The molecule has 0 radical (unpaired) electrons. The van der Waals surface area contributed by atoms with Crippen LogP contribution >= 0.6 is 11.6 Å². The molecule has 6 heteroatoms. The lowest BCUT2D eigenvalue weighted by molar-refractivity contribution is -0.142. The summed E-state index contributed by atoms with van der Waals surface area (Å²) in [7, 11) is 1.86. The number of nitrogens with one attached hydrogen (secondary N) is 1. The molecule has 276 valence electrons. The van der Waals surface area contributed by atoms with Crippen LogP contribution in [-0.2, 0) is 4.79 Å². The number of unbranched alkanes of at least 4 members (excludes halogenated alkanes) is 17. The van der Waals surface area contributed by atoms with E-state index >= 15 is 0 Å². The first kappa shape index (κ1) is 41.0. The summed E-state index contributed by atoms with van der Waals surface area (Å²) in [5.41, 5.74) is 4.04. The lowest BCUT2D eigenvalue weighted by Crippen LogP contribution is -2.26. The Labute approximate surface area is 304 Å². The third-order valence-corrected chi connectivity index (χ3v) is 10.9. The normalized spacial score (nSPS) is 14.2. The van der Waals surface area contributed by atoms with Crippen molar-refractivity contribution in [3.63, 3.8) is 0 Å². The number of carbonyl (C=O) groups is 1. The first-order valence-corrected chi connectivity index (χ1v) is 20.6. The van der Waals surface area contributed by atoms with Crippen molar-refractivity contribution < 1.29 is 14.6 Å². The summed E-state index contributed by atoms with van der Waals surface area (Å²) in [5, 5.41) is 14.2. The molecule has 2 unspecified atom stereocenters. The van der Waals surface area contributed by atoms with Gasteiger partial charge in [0, 0.05) is 55.0 Å². The van der Waals surface area contributed by atoms with Crippen molar-refractivity contribution in [2.75, 3.05) is 30.4 Å². The number of halogens is 1. The molecule has 0 aromatic heterocycles. The molecule has 0 bridgehead atoms. The summed E-state index contributed by atoms with van der Waals surface area (Å²) in [6.45, 7) is 8.80. The highest BCUT2D eigenvalue weighted by molar-refractivity contribution is 6.33. The fraction of sp³-hybridized carbons (Fsp3) is 0.698. The number of fused-ring (bicyclic) bond motifs is 2. The van der Waals surface area contributed by atoms with Crippen LogP contribution < -0.4 is 15.0 Å². The molecule has 2 aromatic carbocycles. The topological polar surface area (TPSA) is 61.8 Å². The maximum absolute atomic E-state index is 12.6. The zero-order valence-electron chi connectivity index (χ0n) is 31.6. The minimum absolute atomic E-state index is 0.0851. The van der Waals surface area contributed by atoms with E-state index in [0.29, 0.717) is 17.9 Å². The van der Waals surface area contributed by atoms with Crippen LogP contribution in [0.4, 0.5) is 11.4 Å². The van der Waals surface area contributed by atoms with Gasteiger partial charge in [0.05, 0.1) is 16.6 Å². The van der Waals surface area contributed by atoms with Gasteiger partial charge in [-0.3, -0.25) is 4.79 Å². The highest BCUT2D eigenvalue weighted by atomic mass is 35.5. The summed E-state index contributed by atoms with van der Waals surface area (Å²) in [4.78, 5) is 15.1. The molecule has 2 aromatic rings. The second kappa shape index (κ2) is 23.9. The van der Waals surface area contributed by atoms with E-state index < -0.39 is 11.9 Å². The maximum atomic E-state index is 12.6. The zero-order valence-corrected chi connectivity index (χ0v) is 32.4. The molecular formula is C43H69ClN2O3. The van der Waals surface area contributed by atoms with Crippen molar-refractivity contribution in [1.29, 1.82) is 0 Å². The summed E-state index contributed by atoms with van der Waals surface area (Å²) in [5.74, 6) is 0.407. The number of anilines is 2. The number of ether oxygens (including phenoxy) is 1. The smallest absolute Gasteiger partial charge is 0.306 e. The molecule has 1 heterocycles. The fourth-order valence-electron chi connectivity index (χ4n) is 7.39. The fourth-order valence-corrected chi connectivity index (χ4v) is 7.66. The number of carboxylic acids is 1. The third kappa shape index (κ3) is 14.0. The molecule has 1 aliphatic heterocycles. The van der Waals surface area contributed by atoms with Crippen LogP contribution in [0.3, 0.4) is 0 Å². The number of benzene rings is 2. The SMILES string of the molecule is CCCCCCCCCCCCCCCCCCC(CC1c2ccc(N(CCCC)CCCC)cc2Oc2cc(NC)c(Cl)cc21)C(=O)O. The van der Waals surface area contributed by atoms with Crippen molar-refractivity contribution in [3.05, 3.63) is 46.5 Å². The Morgan fingerprint density at radius 1 is 0.735 bits per heavy atom. The van der Waals surface area contributed by atoms with E-state index in [2.05, 4.69) is 49.2 Å². The van der Waals surface area contributed by atoms with Crippen LogP contribution in [0.1, 0.15) is 179 Å². The predicted octanol–water partition coefficient (Wildman–Crippen LogP) is 13.8. The molecule has 0 saturated carbocycles. The average molecular weight is 697 g/mol. The monoisotopic (exact) mass is 696 g/mol. The number of nitrogens with zero attached hydrogens (tertiary/aromatic N) is 1. The van der Waals surface area contributed by atoms with Crippen molar-refractivity contribution in [2.24, 2.45) is 5.92 Å². The van der Waals surface area contributed by atoms with E-state index in [0.717, 1.165) is 79.9 Å². The molecule has 2 N–H and O–H groups in total. The molecule has 5 nitrogen and oxygen atoms in total. The van der Waals surface area contributed by atoms with Gasteiger partial charge < -0.3 is 20.1 Å². The molecule has 0 spiro atoms. The lowest BCUT2D eigenvalue weighted by atomic mass is 9.79. The first-order valence-electron chi connectivity index (χ1n) is 20.2. The van der Waals surface area contributed by atoms with Crippen molar-refractivity contribution in [2.45, 2.75) is 168 Å². The average Bonchev–Trinajstić information content (AvgIpc) is 3.10. The first-order chi connectivity index (χ1) is 23.9. The minimum Gasteiger partial charge on any atom is -0.481 e. The maximum Gasteiger partial charge on any atom is 0.306 e. The highest BCUT2D eigenvalue weighted by Crippen LogP contribution is 2.50. The van der Waals surface area contributed by atoms with Gasteiger partial charge in [-0.25, -0.2) is 0 Å². The van der Waals surface area contributed by atoms with E-state index in [1.54, 1.807) is 0 Å². The van der Waals surface area contributed by atoms with E-state index in [1.165, 1.54) is 95.6 Å². The van der Waals surface area contributed by atoms with Crippen molar-refractivity contribution >= 4 is 28.9 Å². The lowest BCUT2D eigenvalue weighted by Gasteiger charge is -2.32. The second-order valence-electron chi connectivity index (χ2n) is 14.6. The van der Waals surface area contributed by atoms with Crippen LogP contribution in [0, 0.1) is 5.92 Å². The summed E-state index contributed by atoms with van der Waals surface area (Å²) >= 11 is 6.69. The molecule has 3 rings (SSSR count). The third-order valence-electron chi connectivity index (χ3n) is 10.5. The number of carboxylic acid groups (broad SMARTS) is 1. The molecule has 49 heavy (non-hydrogen) atoms. The van der Waals surface area contributed by atoms with Gasteiger partial charge >= 0.3 is 5.97 Å². The van der Waals surface area contributed by atoms with Gasteiger partial charge in [0.15, 0.2) is 0 Å². The van der Waals surface area contributed by atoms with Gasteiger partial charge in [0.1, 0.15) is 11.5 Å². The number of rotatable bonds is 28. The van der Waals surface area contributed by atoms with E-state index in [-0.39, 0.29) is 5.92 Å². The van der Waals surface area contributed by atoms with Gasteiger partial charge in [0.2, 0.25) is 0 Å². The highest BCUT2D eigenvalue weighted by Gasteiger charge is 2.33. The minimum atomic E-state index is -0.699. The molecule has 0 amide bonds. The molecule has 0 saturated heterocycles. The van der Waals surface area contributed by atoms with E-state index in [9.17, 15) is 9.90 Å². The Morgan fingerprint density at radius 3 is 1.76 bits per heavy atom. The van der Waals surface area contributed by atoms with Gasteiger partial charge in [-0.1, -0.05) is 154 Å². The summed E-state index contributed by atoms with van der Waals surface area (Å²) in [6.07, 6.45) is 27.0. The van der Waals surface area contributed by atoms with Crippen molar-refractivity contribution in [3.8, 4) is 11.5 Å². The van der Waals surface area contributed by atoms with Crippen LogP contribution in [0.25, 0.3) is 0 Å². The van der Waals surface area contributed by atoms with Crippen LogP contribution in [0.5, 0.6) is 11.5 Å². The molecule has 0 aliphatic carbocycles. The molecular weight excluding hydrogens is 628 g/mol. The Bertz CT molecular complexity index is 1210. The van der Waals surface area contributed by atoms with Gasteiger partial charge in [-0.05, 0) is 37.8 Å². The van der Waals surface area contributed by atoms with Gasteiger partial charge in [0.25, 0.3) is 0 Å². The Morgan fingerprint density at radius 2 is 1.24 bits per heavy atom. The Balaban J connectivity index is 1.55. The Kier molecular flexibility index (Phi) is 20.0. The molecule has 1 aliphatic rings. The summed E-state index contributed by atoms with van der Waals surface area (Å²) < 4.78 is 6.57. The number of hydrogen-bond donors (Lipinski definition) is 2.